The lowest BCUT2D eigenvalue weighted by atomic mass is 9.98. The fourth-order valence-electron chi connectivity index (χ4n) is 3.59. The molecular weight excluding hydrogens is 405 g/mol. The highest BCUT2D eigenvalue weighted by Crippen LogP contribution is 2.32. The van der Waals surface area contributed by atoms with Crippen molar-refractivity contribution in [3.8, 4) is 11.5 Å². The predicted octanol–water partition coefficient (Wildman–Crippen LogP) is 6.05. The van der Waals surface area contributed by atoms with Crippen LogP contribution in [0.2, 0.25) is 0 Å². The summed E-state index contributed by atoms with van der Waals surface area (Å²) >= 11 is 0. The van der Waals surface area contributed by atoms with Crippen LogP contribution in [0, 0.1) is 0 Å². The van der Waals surface area contributed by atoms with Crippen LogP contribution in [-0.4, -0.2) is 17.4 Å². The molecule has 0 unspecified atom stereocenters. The SMILES string of the molecule is CCCc1cccc(N2CCc3ccc(Oc4ccc(C(F)(F)F)cc4)cc3C2=O)n1. The van der Waals surface area contributed by atoms with Gasteiger partial charge in [-0.15, -0.1) is 0 Å². The van der Waals surface area contributed by atoms with Crippen LogP contribution >= 0.6 is 0 Å². The summed E-state index contributed by atoms with van der Waals surface area (Å²) in [6, 6.07) is 15.3. The Morgan fingerprint density at radius 2 is 1.77 bits per heavy atom. The minimum Gasteiger partial charge on any atom is -0.457 e. The third-order valence-corrected chi connectivity index (χ3v) is 5.15. The highest BCUT2D eigenvalue weighted by molar-refractivity contribution is 6.08. The van der Waals surface area contributed by atoms with Gasteiger partial charge in [-0.2, -0.15) is 13.2 Å². The molecular formula is C24H21F3N2O2. The van der Waals surface area contributed by atoms with Gasteiger partial charge in [0.1, 0.15) is 17.3 Å². The lowest BCUT2D eigenvalue weighted by Gasteiger charge is -2.28. The molecule has 0 spiro atoms. The van der Waals surface area contributed by atoms with Crippen molar-refractivity contribution in [2.75, 3.05) is 11.4 Å². The number of carbonyl (C=O) groups is 1. The van der Waals surface area contributed by atoms with Crippen LogP contribution in [0.1, 0.15) is 40.5 Å². The molecule has 0 saturated carbocycles. The van der Waals surface area contributed by atoms with E-state index in [9.17, 15) is 18.0 Å². The lowest BCUT2D eigenvalue weighted by molar-refractivity contribution is -0.137. The van der Waals surface area contributed by atoms with Gasteiger partial charge in [0.05, 0.1) is 5.56 Å². The van der Waals surface area contributed by atoms with Gasteiger partial charge in [-0.1, -0.05) is 25.5 Å². The topological polar surface area (TPSA) is 42.4 Å². The number of anilines is 1. The molecule has 0 bridgehead atoms. The van der Waals surface area contributed by atoms with Gasteiger partial charge in [0.25, 0.3) is 5.91 Å². The minimum atomic E-state index is -4.40. The summed E-state index contributed by atoms with van der Waals surface area (Å²) in [4.78, 5) is 19.4. The summed E-state index contributed by atoms with van der Waals surface area (Å²) in [5.41, 5.74) is 1.62. The summed E-state index contributed by atoms with van der Waals surface area (Å²) in [5.74, 6) is 1.11. The number of ether oxygens (including phenoxy) is 1. The molecule has 2 heterocycles. The van der Waals surface area contributed by atoms with Crippen molar-refractivity contribution in [3.05, 3.63) is 83.0 Å². The number of fused-ring (bicyclic) bond motifs is 1. The molecule has 4 nitrogen and oxygen atoms in total. The Morgan fingerprint density at radius 1 is 1.03 bits per heavy atom. The molecule has 0 fully saturated rings. The number of rotatable bonds is 5. The Hall–Kier alpha value is -3.35. The fourth-order valence-corrected chi connectivity index (χ4v) is 3.59. The Morgan fingerprint density at radius 3 is 2.48 bits per heavy atom. The maximum Gasteiger partial charge on any atom is 0.416 e. The second-order valence-corrected chi connectivity index (χ2v) is 7.39. The number of hydrogen-bond acceptors (Lipinski definition) is 3. The molecule has 0 N–H and O–H groups in total. The predicted molar refractivity (Wildman–Crippen MR) is 112 cm³/mol. The number of carbonyl (C=O) groups excluding carboxylic acids is 1. The van der Waals surface area contributed by atoms with E-state index in [2.05, 4.69) is 11.9 Å². The Labute approximate surface area is 178 Å². The number of aryl methyl sites for hydroxylation is 1. The van der Waals surface area contributed by atoms with Crippen molar-refractivity contribution in [2.24, 2.45) is 0 Å². The number of hydrogen-bond donors (Lipinski definition) is 0. The van der Waals surface area contributed by atoms with E-state index in [0.29, 0.717) is 30.1 Å². The first kappa shape index (κ1) is 20.9. The third kappa shape index (κ3) is 4.55. The maximum absolute atomic E-state index is 13.2. The van der Waals surface area contributed by atoms with E-state index in [1.54, 1.807) is 17.0 Å². The van der Waals surface area contributed by atoms with Crippen molar-refractivity contribution in [1.29, 1.82) is 0 Å². The van der Waals surface area contributed by atoms with Gasteiger partial charge in [0.2, 0.25) is 0 Å². The van der Waals surface area contributed by atoms with Crippen LogP contribution in [0.4, 0.5) is 19.0 Å². The monoisotopic (exact) mass is 426 g/mol. The molecule has 1 aliphatic heterocycles. The van der Waals surface area contributed by atoms with E-state index in [0.717, 1.165) is 36.2 Å². The molecule has 1 aliphatic rings. The molecule has 0 aliphatic carbocycles. The highest BCUT2D eigenvalue weighted by Gasteiger charge is 2.30. The summed E-state index contributed by atoms with van der Waals surface area (Å²) in [6.45, 7) is 2.61. The van der Waals surface area contributed by atoms with Crippen LogP contribution in [0.5, 0.6) is 11.5 Å². The second kappa shape index (κ2) is 8.41. The zero-order chi connectivity index (χ0) is 22.0. The van der Waals surface area contributed by atoms with Crippen molar-refractivity contribution in [2.45, 2.75) is 32.4 Å². The van der Waals surface area contributed by atoms with Crippen LogP contribution in [0.25, 0.3) is 0 Å². The zero-order valence-corrected chi connectivity index (χ0v) is 16.9. The van der Waals surface area contributed by atoms with Crippen LogP contribution in [0.15, 0.2) is 60.7 Å². The molecule has 31 heavy (non-hydrogen) atoms. The summed E-state index contributed by atoms with van der Waals surface area (Å²) in [7, 11) is 0. The van der Waals surface area contributed by atoms with E-state index in [1.807, 2.05) is 24.3 Å². The Bertz CT molecular complexity index is 1090. The molecule has 2 aromatic carbocycles. The average Bonchev–Trinajstić information content (AvgIpc) is 2.75. The molecule has 0 saturated heterocycles. The average molecular weight is 426 g/mol. The standard InChI is InChI=1S/C24H21F3N2O2/c1-2-4-18-5-3-6-22(28-18)29-14-13-16-7-10-20(15-21(16)23(29)30)31-19-11-8-17(9-12-19)24(25,26)27/h3,5-12,15H,2,4,13-14H2,1H3. The maximum atomic E-state index is 13.2. The van der Waals surface area contributed by atoms with Crippen molar-refractivity contribution >= 4 is 11.7 Å². The largest absolute Gasteiger partial charge is 0.457 e. The number of amides is 1. The van der Waals surface area contributed by atoms with Gasteiger partial charge in [0, 0.05) is 17.8 Å². The van der Waals surface area contributed by atoms with Gasteiger partial charge in [0.15, 0.2) is 0 Å². The fraction of sp³-hybridized carbons (Fsp3) is 0.250. The molecule has 160 valence electrons. The molecule has 1 aromatic heterocycles. The third-order valence-electron chi connectivity index (χ3n) is 5.15. The van der Waals surface area contributed by atoms with Crippen LogP contribution < -0.4 is 9.64 Å². The first-order valence-electron chi connectivity index (χ1n) is 10.1. The van der Waals surface area contributed by atoms with Gasteiger partial charge in [-0.05, 0) is 66.9 Å². The van der Waals surface area contributed by atoms with Gasteiger partial charge in [-0.25, -0.2) is 4.98 Å². The van der Waals surface area contributed by atoms with Gasteiger partial charge < -0.3 is 4.74 Å². The molecule has 0 radical (unpaired) electrons. The van der Waals surface area contributed by atoms with Crippen molar-refractivity contribution in [3.63, 3.8) is 0 Å². The molecule has 3 aromatic rings. The Kier molecular flexibility index (Phi) is 5.67. The van der Waals surface area contributed by atoms with Gasteiger partial charge >= 0.3 is 6.18 Å². The first-order chi connectivity index (χ1) is 14.8. The lowest BCUT2D eigenvalue weighted by Crippen LogP contribution is -2.38. The molecule has 4 rings (SSSR count). The van der Waals surface area contributed by atoms with E-state index >= 15 is 0 Å². The smallest absolute Gasteiger partial charge is 0.416 e. The number of aromatic nitrogens is 1. The van der Waals surface area contributed by atoms with E-state index in [1.165, 1.54) is 12.1 Å². The summed E-state index contributed by atoms with van der Waals surface area (Å²) in [5, 5.41) is 0. The van der Waals surface area contributed by atoms with Crippen molar-refractivity contribution in [1.82, 2.24) is 4.98 Å². The van der Waals surface area contributed by atoms with E-state index < -0.39 is 11.7 Å². The Balaban J connectivity index is 1.56. The van der Waals surface area contributed by atoms with E-state index in [4.69, 9.17) is 4.74 Å². The summed E-state index contributed by atoms with van der Waals surface area (Å²) < 4.78 is 43.9. The van der Waals surface area contributed by atoms with E-state index in [-0.39, 0.29) is 11.7 Å². The molecule has 7 heteroatoms. The number of alkyl halides is 3. The highest BCUT2D eigenvalue weighted by atomic mass is 19.4. The zero-order valence-electron chi connectivity index (χ0n) is 16.9. The minimum absolute atomic E-state index is 0.166. The number of benzene rings is 2. The number of pyridine rings is 1. The molecule has 1 amide bonds. The molecule has 0 atom stereocenters. The second-order valence-electron chi connectivity index (χ2n) is 7.39. The quantitative estimate of drug-likeness (QED) is 0.499. The van der Waals surface area contributed by atoms with Crippen LogP contribution in [0.3, 0.4) is 0 Å². The van der Waals surface area contributed by atoms with Gasteiger partial charge in [-0.3, -0.25) is 9.69 Å². The summed E-state index contributed by atoms with van der Waals surface area (Å²) in [6.07, 6.45) is -1.90. The van der Waals surface area contributed by atoms with Crippen molar-refractivity contribution < 1.29 is 22.7 Å². The first-order valence-corrected chi connectivity index (χ1v) is 10.1. The normalized spacial score (nSPS) is 13.8. The number of nitrogens with zero attached hydrogens (tertiary/aromatic N) is 2. The van der Waals surface area contributed by atoms with Crippen LogP contribution in [-0.2, 0) is 19.0 Å². The number of halogens is 3.